The number of amides is 1. The van der Waals surface area contributed by atoms with Crippen LogP contribution in [0.1, 0.15) is 26.7 Å². The molecule has 20 heavy (non-hydrogen) atoms. The number of carbonyl (C=O) groups excluding carboxylic acids is 1. The quantitative estimate of drug-likeness (QED) is 0.792. The zero-order chi connectivity index (χ0) is 15.0. The second-order valence-electron chi connectivity index (χ2n) is 5.04. The summed E-state index contributed by atoms with van der Waals surface area (Å²) < 4.78 is 0. The first-order chi connectivity index (χ1) is 9.58. The van der Waals surface area contributed by atoms with E-state index in [1.165, 1.54) is 0 Å². The van der Waals surface area contributed by atoms with E-state index in [1.54, 1.807) is 25.2 Å². The van der Waals surface area contributed by atoms with Crippen molar-refractivity contribution in [1.82, 2.24) is 9.88 Å². The highest BCUT2D eigenvalue weighted by Gasteiger charge is 2.13. The molecule has 5 heteroatoms. The maximum absolute atomic E-state index is 11.9. The largest absolute Gasteiger partial charge is 0.370 e. The Bertz CT molecular complexity index is 420. The lowest BCUT2D eigenvalue weighted by Gasteiger charge is -2.25. The molecule has 0 saturated heterocycles. The number of aromatic nitrogens is 1. The fraction of sp³-hybridized carbons (Fsp3) is 0.600. The lowest BCUT2D eigenvalue weighted by Crippen LogP contribution is -2.37. The molecule has 0 aliphatic heterocycles. The first-order valence-electron chi connectivity index (χ1n) is 7.23. The van der Waals surface area contributed by atoms with E-state index in [4.69, 9.17) is 0 Å². The van der Waals surface area contributed by atoms with Gasteiger partial charge in [-0.3, -0.25) is 4.79 Å². The van der Waals surface area contributed by atoms with Gasteiger partial charge in [0.05, 0.1) is 6.54 Å². The van der Waals surface area contributed by atoms with Crippen LogP contribution in [-0.4, -0.2) is 49.5 Å². The number of likely N-dealkylation sites (N-methyl/N-ethyl adjacent to an activating group) is 1. The molecule has 0 unspecified atom stereocenters. The lowest BCUT2D eigenvalue weighted by atomic mass is 10.3. The summed E-state index contributed by atoms with van der Waals surface area (Å²) in [7, 11) is 3.57. The monoisotopic (exact) mass is 278 g/mol. The molecule has 0 atom stereocenters. The van der Waals surface area contributed by atoms with Crippen LogP contribution in [0.25, 0.3) is 0 Å². The van der Waals surface area contributed by atoms with Crippen LogP contribution < -0.4 is 10.2 Å². The van der Waals surface area contributed by atoms with Crippen LogP contribution in [0.4, 0.5) is 11.5 Å². The van der Waals surface area contributed by atoms with Crippen LogP contribution in [0.3, 0.4) is 0 Å². The fourth-order valence-electron chi connectivity index (χ4n) is 1.84. The summed E-state index contributed by atoms with van der Waals surface area (Å²) in [6.45, 7) is 6.40. The van der Waals surface area contributed by atoms with Gasteiger partial charge in [-0.05, 0) is 18.9 Å². The maximum Gasteiger partial charge on any atom is 0.241 e. The summed E-state index contributed by atoms with van der Waals surface area (Å²) in [4.78, 5) is 19.9. The van der Waals surface area contributed by atoms with Gasteiger partial charge in [0.1, 0.15) is 5.82 Å². The van der Waals surface area contributed by atoms with Crippen molar-refractivity contribution in [2.24, 2.45) is 0 Å². The van der Waals surface area contributed by atoms with Gasteiger partial charge in [-0.15, -0.1) is 0 Å². The topological polar surface area (TPSA) is 48.5 Å². The number of nitrogens with zero attached hydrogens (tertiary/aromatic N) is 3. The maximum atomic E-state index is 11.9. The van der Waals surface area contributed by atoms with Crippen molar-refractivity contribution in [2.75, 3.05) is 43.9 Å². The van der Waals surface area contributed by atoms with Crippen LogP contribution >= 0.6 is 0 Å². The second-order valence-corrected chi connectivity index (χ2v) is 5.04. The van der Waals surface area contributed by atoms with E-state index < -0.39 is 0 Å². The smallest absolute Gasteiger partial charge is 0.241 e. The predicted octanol–water partition coefficient (Wildman–Crippen LogP) is 2.21. The number of nitrogens with one attached hydrogen (secondary N) is 1. The third kappa shape index (κ3) is 5.07. The van der Waals surface area contributed by atoms with Crippen LogP contribution in [0.5, 0.6) is 0 Å². The number of carbonyl (C=O) groups is 1. The zero-order valence-electron chi connectivity index (χ0n) is 13.0. The van der Waals surface area contributed by atoms with Gasteiger partial charge in [-0.25, -0.2) is 4.98 Å². The first-order valence-corrected chi connectivity index (χ1v) is 7.23. The Morgan fingerprint density at radius 3 is 2.65 bits per heavy atom. The van der Waals surface area contributed by atoms with Gasteiger partial charge < -0.3 is 15.1 Å². The van der Waals surface area contributed by atoms with Gasteiger partial charge in [-0.2, -0.15) is 0 Å². The number of hydrogen-bond acceptors (Lipinski definition) is 4. The minimum atomic E-state index is 0.110. The summed E-state index contributed by atoms with van der Waals surface area (Å²) in [5.74, 6) is 0.973. The van der Waals surface area contributed by atoms with Gasteiger partial charge >= 0.3 is 0 Å². The second kappa shape index (κ2) is 8.40. The number of hydrogen-bond donors (Lipinski definition) is 1. The van der Waals surface area contributed by atoms with E-state index in [0.29, 0.717) is 6.54 Å². The number of rotatable bonds is 8. The molecule has 0 radical (unpaired) electrons. The highest BCUT2D eigenvalue weighted by Crippen LogP contribution is 2.17. The molecular weight excluding hydrogens is 252 g/mol. The average molecular weight is 278 g/mol. The van der Waals surface area contributed by atoms with Gasteiger partial charge in [-0.1, -0.05) is 13.8 Å². The predicted molar refractivity (Wildman–Crippen MR) is 84.2 cm³/mol. The Balaban J connectivity index is 2.82. The van der Waals surface area contributed by atoms with Gasteiger partial charge in [0.15, 0.2) is 0 Å². The molecule has 0 saturated carbocycles. The summed E-state index contributed by atoms with van der Waals surface area (Å²) in [6, 6.07) is 3.96. The minimum Gasteiger partial charge on any atom is -0.370 e. The van der Waals surface area contributed by atoms with Gasteiger partial charge in [0, 0.05) is 45.1 Å². The highest BCUT2D eigenvalue weighted by molar-refractivity contribution is 5.81. The van der Waals surface area contributed by atoms with Crippen LogP contribution in [-0.2, 0) is 4.79 Å². The molecule has 1 aromatic rings. The Labute approximate surface area is 122 Å². The molecule has 0 bridgehead atoms. The SMILES string of the molecule is CCCNc1cc(N(CCC)CC(=O)N(C)C)ccn1. The highest BCUT2D eigenvalue weighted by atomic mass is 16.2. The molecule has 1 rings (SSSR count). The van der Waals surface area contributed by atoms with Crippen molar-refractivity contribution in [3.63, 3.8) is 0 Å². The Morgan fingerprint density at radius 2 is 2.05 bits per heavy atom. The molecular formula is C15H26N4O. The molecule has 1 heterocycles. The summed E-state index contributed by atoms with van der Waals surface area (Å²) in [6.07, 6.45) is 3.85. The van der Waals surface area contributed by atoms with Crippen LogP contribution in [0.2, 0.25) is 0 Å². The molecule has 1 amide bonds. The molecule has 1 aromatic heterocycles. The Kier molecular flexibility index (Phi) is 6.84. The molecule has 0 aliphatic carbocycles. The van der Waals surface area contributed by atoms with E-state index in [1.807, 2.05) is 12.1 Å². The number of pyridine rings is 1. The van der Waals surface area contributed by atoms with Crippen molar-refractivity contribution < 1.29 is 4.79 Å². The van der Waals surface area contributed by atoms with Crippen molar-refractivity contribution in [2.45, 2.75) is 26.7 Å². The standard InChI is InChI=1S/C15H26N4O/c1-5-8-16-14-11-13(7-9-17-14)19(10-6-2)12-15(20)18(3)4/h7,9,11H,5-6,8,10,12H2,1-4H3,(H,16,17). The Hall–Kier alpha value is -1.78. The molecule has 5 nitrogen and oxygen atoms in total. The van der Waals surface area contributed by atoms with Gasteiger partial charge in [0.2, 0.25) is 5.91 Å². The van der Waals surface area contributed by atoms with Crippen molar-refractivity contribution >= 4 is 17.4 Å². The molecule has 0 aliphatic rings. The minimum absolute atomic E-state index is 0.110. The summed E-state index contributed by atoms with van der Waals surface area (Å²) >= 11 is 0. The van der Waals surface area contributed by atoms with Crippen molar-refractivity contribution in [3.05, 3.63) is 18.3 Å². The molecule has 1 N–H and O–H groups in total. The third-order valence-electron chi connectivity index (χ3n) is 2.98. The normalized spacial score (nSPS) is 10.2. The zero-order valence-corrected chi connectivity index (χ0v) is 13.0. The third-order valence-corrected chi connectivity index (χ3v) is 2.98. The van der Waals surface area contributed by atoms with E-state index in [-0.39, 0.29) is 5.91 Å². The van der Waals surface area contributed by atoms with E-state index in [0.717, 1.165) is 37.4 Å². The molecule has 112 valence electrons. The van der Waals surface area contributed by atoms with Gasteiger partial charge in [0.25, 0.3) is 0 Å². The van der Waals surface area contributed by atoms with Crippen molar-refractivity contribution in [3.8, 4) is 0 Å². The molecule has 0 aromatic carbocycles. The average Bonchev–Trinajstić information content (AvgIpc) is 2.44. The van der Waals surface area contributed by atoms with Crippen LogP contribution in [0, 0.1) is 0 Å². The van der Waals surface area contributed by atoms with Crippen molar-refractivity contribution in [1.29, 1.82) is 0 Å². The van der Waals surface area contributed by atoms with Crippen LogP contribution in [0.15, 0.2) is 18.3 Å². The van der Waals surface area contributed by atoms with E-state index >= 15 is 0 Å². The van der Waals surface area contributed by atoms with E-state index in [9.17, 15) is 4.79 Å². The van der Waals surface area contributed by atoms with E-state index in [2.05, 4.69) is 29.0 Å². The summed E-state index contributed by atoms with van der Waals surface area (Å²) in [5, 5.41) is 3.27. The fourth-order valence-corrected chi connectivity index (χ4v) is 1.84. The molecule has 0 spiro atoms. The number of anilines is 2. The first kappa shape index (κ1) is 16.3. The lowest BCUT2D eigenvalue weighted by molar-refractivity contribution is -0.127. The Morgan fingerprint density at radius 1 is 1.30 bits per heavy atom. The molecule has 0 fully saturated rings. The summed E-state index contributed by atoms with van der Waals surface area (Å²) in [5.41, 5.74) is 1.04.